The van der Waals surface area contributed by atoms with Gasteiger partial charge in [0.05, 0.1) is 5.88 Å². The molecule has 2 aromatic rings. The summed E-state index contributed by atoms with van der Waals surface area (Å²) in [5, 5.41) is 8.83. The van der Waals surface area contributed by atoms with Gasteiger partial charge in [0.2, 0.25) is 0 Å². The maximum absolute atomic E-state index is 13.3. The Morgan fingerprint density at radius 3 is 2.67 bits per heavy atom. The van der Waals surface area contributed by atoms with E-state index in [0.29, 0.717) is 5.88 Å². The molecule has 0 amide bonds. The van der Waals surface area contributed by atoms with Gasteiger partial charge < -0.3 is 4.74 Å². The third-order valence-corrected chi connectivity index (χ3v) is 2.43. The molecule has 0 bridgehead atoms. The molecule has 1 aromatic carbocycles. The summed E-state index contributed by atoms with van der Waals surface area (Å²) in [5.74, 6) is -0.271. The molecule has 0 saturated heterocycles. The summed E-state index contributed by atoms with van der Waals surface area (Å²) < 4.78 is 18.6. The van der Waals surface area contributed by atoms with Gasteiger partial charge in [0.15, 0.2) is 5.75 Å². The monoisotopic (exact) mass is 263 g/mol. The van der Waals surface area contributed by atoms with Gasteiger partial charge in [0.25, 0.3) is 0 Å². The van der Waals surface area contributed by atoms with E-state index < -0.39 is 5.82 Å². The van der Waals surface area contributed by atoms with Crippen molar-refractivity contribution in [3.8, 4) is 17.8 Å². The molecular formula is C12H7ClFN3O. The molecule has 0 radical (unpaired) electrons. The predicted molar refractivity (Wildman–Crippen MR) is 62.8 cm³/mol. The first-order valence-corrected chi connectivity index (χ1v) is 5.51. The Kier molecular flexibility index (Phi) is 3.70. The van der Waals surface area contributed by atoms with Crippen LogP contribution < -0.4 is 4.74 Å². The molecule has 0 unspecified atom stereocenters. The average Bonchev–Trinajstić information content (AvgIpc) is 2.40. The maximum atomic E-state index is 13.3. The minimum absolute atomic E-state index is 0.0333. The second-order valence-corrected chi connectivity index (χ2v) is 3.60. The largest absolute Gasteiger partial charge is 0.423 e. The van der Waals surface area contributed by atoms with Gasteiger partial charge in [-0.05, 0) is 12.1 Å². The van der Waals surface area contributed by atoms with E-state index in [1.54, 1.807) is 6.07 Å². The van der Waals surface area contributed by atoms with E-state index in [1.807, 2.05) is 0 Å². The summed E-state index contributed by atoms with van der Waals surface area (Å²) in [6, 6.07) is 5.86. The van der Waals surface area contributed by atoms with E-state index in [-0.39, 0.29) is 17.3 Å². The summed E-state index contributed by atoms with van der Waals surface area (Å²) in [6.07, 6.45) is 3.00. The Hall–Kier alpha value is -2.19. The molecule has 90 valence electrons. The molecular weight excluding hydrogens is 257 g/mol. The highest BCUT2D eigenvalue weighted by molar-refractivity contribution is 6.17. The molecule has 0 N–H and O–H groups in total. The van der Waals surface area contributed by atoms with Gasteiger partial charge in [-0.3, -0.25) is 0 Å². The lowest BCUT2D eigenvalue weighted by Crippen LogP contribution is -1.96. The fourth-order valence-electron chi connectivity index (χ4n) is 1.26. The van der Waals surface area contributed by atoms with Crippen LogP contribution in [-0.2, 0) is 5.88 Å². The molecule has 0 spiro atoms. The fraction of sp³-hybridized carbons (Fsp3) is 0.0833. The number of halogens is 2. The van der Waals surface area contributed by atoms with E-state index in [1.165, 1.54) is 30.6 Å². The van der Waals surface area contributed by atoms with E-state index in [4.69, 9.17) is 21.6 Å². The van der Waals surface area contributed by atoms with Crippen LogP contribution in [-0.4, -0.2) is 9.97 Å². The van der Waals surface area contributed by atoms with E-state index in [0.717, 1.165) is 5.56 Å². The lowest BCUT2D eigenvalue weighted by Gasteiger charge is -2.05. The zero-order valence-electron chi connectivity index (χ0n) is 9.10. The highest BCUT2D eigenvalue weighted by Crippen LogP contribution is 2.24. The molecule has 6 heteroatoms. The molecule has 1 heterocycles. The van der Waals surface area contributed by atoms with Gasteiger partial charge in [-0.1, -0.05) is 6.07 Å². The van der Waals surface area contributed by atoms with Crippen molar-refractivity contribution >= 4 is 11.6 Å². The number of hydrogen-bond donors (Lipinski definition) is 0. The normalized spacial score (nSPS) is 9.83. The van der Waals surface area contributed by atoms with Crippen molar-refractivity contribution < 1.29 is 9.13 Å². The molecule has 0 aliphatic rings. The molecule has 4 nitrogen and oxygen atoms in total. The number of nitrogens with zero attached hydrogens (tertiary/aromatic N) is 3. The molecule has 0 aliphatic heterocycles. The Morgan fingerprint density at radius 1 is 1.33 bits per heavy atom. The maximum Gasteiger partial charge on any atom is 0.321 e. The zero-order chi connectivity index (χ0) is 13.0. The van der Waals surface area contributed by atoms with Crippen molar-refractivity contribution in [2.45, 2.75) is 5.88 Å². The summed E-state index contributed by atoms with van der Waals surface area (Å²) in [7, 11) is 0. The highest BCUT2D eigenvalue weighted by atomic mass is 35.5. The summed E-state index contributed by atoms with van der Waals surface area (Å²) in [5.41, 5.74) is 0.561. The standard InChI is InChI=1S/C12H7ClFN3O/c13-4-8-6-16-12(17-7-8)18-11-3-1-2-10(14)9(11)5-15/h1-3,6-7H,4H2. The van der Waals surface area contributed by atoms with E-state index >= 15 is 0 Å². The van der Waals surface area contributed by atoms with Crippen LogP contribution in [0, 0.1) is 17.1 Å². The molecule has 0 atom stereocenters. The molecule has 18 heavy (non-hydrogen) atoms. The van der Waals surface area contributed by atoms with Crippen LogP contribution in [0.5, 0.6) is 11.8 Å². The van der Waals surface area contributed by atoms with Gasteiger partial charge in [0, 0.05) is 18.0 Å². The number of rotatable bonds is 3. The Bertz CT molecular complexity index is 595. The van der Waals surface area contributed by atoms with Gasteiger partial charge in [0.1, 0.15) is 17.4 Å². The summed E-state index contributed by atoms with van der Waals surface area (Å²) in [6.45, 7) is 0. The minimum atomic E-state index is -0.646. The highest BCUT2D eigenvalue weighted by Gasteiger charge is 2.10. The third-order valence-electron chi connectivity index (χ3n) is 2.12. The quantitative estimate of drug-likeness (QED) is 0.799. The summed E-state index contributed by atoms with van der Waals surface area (Å²) >= 11 is 5.59. The Labute approximate surface area is 108 Å². The average molecular weight is 264 g/mol. The first kappa shape index (κ1) is 12.3. The molecule has 0 aliphatic carbocycles. The topological polar surface area (TPSA) is 58.8 Å². The number of hydrogen-bond acceptors (Lipinski definition) is 4. The summed E-state index contributed by atoms with van der Waals surface area (Å²) in [4.78, 5) is 7.80. The Morgan fingerprint density at radius 2 is 2.06 bits per heavy atom. The second-order valence-electron chi connectivity index (χ2n) is 3.33. The van der Waals surface area contributed by atoms with E-state index in [9.17, 15) is 4.39 Å². The van der Waals surface area contributed by atoms with E-state index in [2.05, 4.69) is 9.97 Å². The lowest BCUT2D eigenvalue weighted by molar-refractivity contribution is 0.435. The zero-order valence-corrected chi connectivity index (χ0v) is 9.86. The van der Waals surface area contributed by atoms with Crippen LogP contribution in [0.4, 0.5) is 4.39 Å². The molecule has 0 saturated carbocycles. The SMILES string of the molecule is N#Cc1c(F)cccc1Oc1ncc(CCl)cn1. The predicted octanol–water partition coefficient (Wildman–Crippen LogP) is 3.02. The van der Waals surface area contributed by atoms with Gasteiger partial charge in [-0.15, -0.1) is 11.6 Å². The van der Waals surface area contributed by atoms with Crippen molar-refractivity contribution in [2.24, 2.45) is 0 Å². The van der Waals surface area contributed by atoms with Crippen LogP contribution in [0.1, 0.15) is 11.1 Å². The van der Waals surface area contributed by atoms with Crippen LogP contribution in [0.25, 0.3) is 0 Å². The van der Waals surface area contributed by atoms with Gasteiger partial charge in [-0.2, -0.15) is 5.26 Å². The van der Waals surface area contributed by atoms with Crippen molar-refractivity contribution in [3.05, 3.63) is 47.5 Å². The van der Waals surface area contributed by atoms with Crippen LogP contribution >= 0.6 is 11.6 Å². The second kappa shape index (κ2) is 5.43. The van der Waals surface area contributed by atoms with Gasteiger partial charge >= 0.3 is 6.01 Å². The van der Waals surface area contributed by atoms with Crippen LogP contribution in [0.3, 0.4) is 0 Å². The number of benzene rings is 1. The number of alkyl halides is 1. The molecule has 1 aromatic heterocycles. The molecule has 2 rings (SSSR count). The molecule has 0 fully saturated rings. The van der Waals surface area contributed by atoms with Crippen molar-refractivity contribution in [3.63, 3.8) is 0 Å². The Balaban J connectivity index is 2.28. The van der Waals surface area contributed by atoms with Crippen LogP contribution in [0.2, 0.25) is 0 Å². The van der Waals surface area contributed by atoms with Crippen molar-refractivity contribution in [2.75, 3.05) is 0 Å². The third kappa shape index (κ3) is 2.55. The van der Waals surface area contributed by atoms with Crippen molar-refractivity contribution in [1.29, 1.82) is 5.26 Å². The van der Waals surface area contributed by atoms with Gasteiger partial charge in [-0.25, -0.2) is 14.4 Å². The minimum Gasteiger partial charge on any atom is -0.423 e. The lowest BCUT2D eigenvalue weighted by atomic mass is 10.2. The number of ether oxygens (including phenoxy) is 1. The first-order chi connectivity index (χ1) is 8.74. The number of nitriles is 1. The first-order valence-electron chi connectivity index (χ1n) is 4.98. The van der Waals surface area contributed by atoms with Crippen LogP contribution in [0.15, 0.2) is 30.6 Å². The van der Waals surface area contributed by atoms with Crippen molar-refractivity contribution in [1.82, 2.24) is 9.97 Å². The smallest absolute Gasteiger partial charge is 0.321 e. The fourth-order valence-corrected chi connectivity index (χ4v) is 1.40. The number of aromatic nitrogens is 2.